The van der Waals surface area contributed by atoms with E-state index in [4.69, 9.17) is 28.4 Å². The number of hydrogen-bond donors (Lipinski definition) is 0. The molecule has 7 rings (SSSR count). The van der Waals surface area contributed by atoms with E-state index in [2.05, 4.69) is 5.10 Å². The molecule has 4 aliphatic heterocycles. The Morgan fingerprint density at radius 2 is 1.31 bits per heavy atom. The Morgan fingerprint density at radius 3 is 1.89 bits per heavy atom. The minimum Gasteiger partial charge on any atom is -0.467 e. The summed E-state index contributed by atoms with van der Waals surface area (Å²) in [5.41, 5.74) is -3.73. The predicted octanol–water partition coefficient (Wildman–Crippen LogP) is 0.419. The van der Waals surface area contributed by atoms with Crippen LogP contribution >= 0.6 is 0 Å². The van der Waals surface area contributed by atoms with E-state index < -0.39 is 81.9 Å². The Kier molecular flexibility index (Phi) is 6.98. The number of hydrazine groups is 1. The molecule has 0 radical (unpaired) electrons. The molecule has 2 saturated carbocycles. The smallest absolute Gasteiger partial charge is 0.359 e. The molecular weight excluding hydrogens is 596 g/mol. The molecule has 2 aliphatic carbocycles. The first kappa shape index (κ1) is 30.6. The molecule has 0 aromatic carbocycles. The maximum absolute atomic E-state index is 14.1. The summed E-state index contributed by atoms with van der Waals surface area (Å²) < 4.78 is 31.9. The van der Waals surface area contributed by atoms with Gasteiger partial charge >= 0.3 is 35.8 Å². The Hall–Kier alpha value is -4.47. The number of rotatable bonds is 7. The Balaban J connectivity index is 1.64. The number of carbonyl (C=O) groups is 6. The summed E-state index contributed by atoms with van der Waals surface area (Å²) in [7, 11) is 6.96. The van der Waals surface area contributed by atoms with Gasteiger partial charge in [0.05, 0.1) is 54.7 Å². The van der Waals surface area contributed by atoms with Gasteiger partial charge in [-0.15, -0.1) is 0 Å². The molecule has 1 unspecified atom stereocenters. The van der Waals surface area contributed by atoms with Crippen LogP contribution in [0, 0.1) is 17.3 Å². The van der Waals surface area contributed by atoms with Crippen LogP contribution in [-0.2, 0) is 42.8 Å². The summed E-state index contributed by atoms with van der Waals surface area (Å²) in [5.74, 6) is -6.21. The second-order valence-corrected chi connectivity index (χ2v) is 11.9. The SMILES string of the molecule is COC(=O)C1=C(C(=O)OC)C2(C(=O)OC)[C@@H]3CC[C@H](n4nc(C(=O)OC)c(C(=O)OC)c4C(=O)OC)[C@@H]4[C@H]5CC[C@H](N2N15)[C@@]43C. The van der Waals surface area contributed by atoms with E-state index in [0.29, 0.717) is 25.7 Å². The maximum Gasteiger partial charge on any atom is 0.359 e. The minimum atomic E-state index is -1.69. The van der Waals surface area contributed by atoms with Gasteiger partial charge in [-0.25, -0.2) is 28.8 Å². The van der Waals surface area contributed by atoms with Crippen molar-refractivity contribution in [2.24, 2.45) is 17.3 Å². The zero-order chi connectivity index (χ0) is 32.7. The molecular formula is C29H34N4O12. The van der Waals surface area contributed by atoms with Gasteiger partial charge in [0.1, 0.15) is 11.1 Å². The van der Waals surface area contributed by atoms with E-state index in [1.807, 2.05) is 11.9 Å². The molecule has 242 valence electrons. The highest BCUT2D eigenvalue weighted by atomic mass is 16.5. The number of esters is 6. The van der Waals surface area contributed by atoms with Crippen LogP contribution in [-0.4, -0.2) is 116 Å². The number of nitrogens with zero attached hydrogens (tertiary/aromatic N) is 4. The van der Waals surface area contributed by atoms with E-state index in [-0.39, 0.29) is 23.0 Å². The molecule has 5 heterocycles. The van der Waals surface area contributed by atoms with Crippen LogP contribution in [0.15, 0.2) is 11.3 Å². The first-order valence-electron chi connectivity index (χ1n) is 14.4. The fraction of sp³-hybridized carbons (Fsp3) is 0.621. The predicted molar refractivity (Wildman–Crippen MR) is 146 cm³/mol. The van der Waals surface area contributed by atoms with Gasteiger partial charge < -0.3 is 28.4 Å². The van der Waals surface area contributed by atoms with Crippen molar-refractivity contribution in [3.8, 4) is 0 Å². The second kappa shape index (κ2) is 10.3. The van der Waals surface area contributed by atoms with Crippen molar-refractivity contribution in [1.82, 2.24) is 19.8 Å². The quantitative estimate of drug-likeness (QED) is 0.298. The van der Waals surface area contributed by atoms with Crippen LogP contribution in [0.1, 0.15) is 70.0 Å². The van der Waals surface area contributed by atoms with Gasteiger partial charge in [0.2, 0.25) is 0 Å². The first-order chi connectivity index (χ1) is 21.5. The van der Waals surface area contributed by atoms with Gasteiger partial charge in [0.25, 0.3) is 0 Å². The van der Waals surface area contributed by atoms with Crippen molar-refractivity contribution in [2.45, 2.75) is 56.3 Å². The Labute approximate surface area is 257 Å². The molecule has 4 bridgehead atoms. The van der Waals surface area contributed by atoms with Gasteiger partial charge in [-0.2, -0.15) is 10.1 Å². The van der Waals surface area contributed by atoms with Gasteiger partial charge in [0, 0.05) is 17.9 Å². The molecule has 1 aromatic heterocycles. The van der Waals surface area contributed by atoms with Crippen LogP contribution in [0.4, 0.5) is 0 Å². The summed E-state index contributed by atoms with van der Waals surface area (Å²) in [6.07, 6.45) is 1.78. The molecule has 1 aromatic rings. The lowest BCUT2D eigenvalue weighted by molar-refractivity contribution is -0.209. The van der Waals surface area contributed by atoms with Crippen molar-refractivity contribution in [3.63, 3.8) is 0 Å². The van der Waals surface area contributed by atoms with E-state index in [0.717, 1.165) is 21.3 Å². The standard InChI is InChI=1S/C29H34N4O12/c1-28-14-10-8-12(31-20(25(37)43-5)16(22(34)40-2)19(30-31)24(36)42-4)17(28)13-9-11-15(28)33-29(14,27(39)45-7)18(23(35)41-3)21(32(13)33)26(38)44-6/h12-15,17H,8-11H2,1-7H3/t12-,13+,14+,15-,17+,28-,29?/m0/s1. The summed E-state index contributed by atoms with van der Waals surface area (Å²) in [6.45, 7) is 2.03. The fourth-order valence-corrected chi connectivity index (χ4v) is 9.40. The molecule has 0 spiro atoms. The number of aromatic nitrogens is 2. The number of methoxy groups -OCH3 is 6. The number of ether oxygens (including phenoxy) is 6. The molecule has 3 saturated heterocycles. The van der Waals surface area contributed by atoms with E-state index in [1.54, 1.807) is 5.01 Å². The van der Waals surface area contributed by atoms with Crippen LogP contribution < -0.4 is 0 Å². The van der Waals surface area contributed by atoms with Gasteiger partial charge in [0.15, 0.2) is 22.6 Å². The monoisotopic (exact) mass is 630 g/mol. The van der Waals surface area contributed by atoms with Crippen molar-refractivity contribution in [2.75, 3.05) is 42.7 Å². The lowest BCUT2D eigenvalue weighted by Gasteiger charge is -2.63. The molecule has 7 atom stereocenters. The Bertz CT molecular complexity index is 1580. The first-order valence-corrected chi connectivity index (χ1v) is 14.4. The van der Waals surface area contributed by atoms with Crippen molar-refractivity contribution in [1.29, 1.82) is 0 Å². The third-order valence-corrected chi connectivity index (χ3v) is 10.7. The minimum absolute atomic E-state index is 0.110. The third-order valence-electron chi connectivity index (χ3n) is 10.7. The van der Waals surface area contributed by atoms with Crippen molar-refractivity contribution in [3.05, 3.63) is 28.2 Å². The van der Waals surface area contributed by atoms with Crippen molar-refractivity contribution >= 4 is 35.8 Å². The highest BCUT2D eigenvalue weighted by molar-refractivity contribution is 6.10. The van der Waals surface area contributed by atoms with Crippen LogP contribution in [0.5, 0.6) is 0 Å². The summed E-state index contributed by atoms with van der Waals surface area (Å²) >= 11 is 0. The van der Waals surface area contributed by atoms with Gasteiger partial charge in [-0.1, -0.05) is 6.92 Å². The summed E-state index contributed by atoms with van der Waals surface area (Å²) in [5, 5.41) is 7.98. The van der Waals surface area contributed by atoms with E-state index in [1.165, 1.54) is 26.0 Å². The zero-order valence-corrected chi connectivity index (χ0v) is 25.9. The number of carbonyl (C=O) groups excluding carboxylic acids is 6. The summed E-state index contributed by atoms with van der Waals surface area (Å²) in [4.78, 5) is 80.3. The van der Waals surface area contributed by atoms with E-state index in [9.17, 15) is 28.8 Å². The molecule has 45 heavy (non-hydrogen) atoms. The van der Waals surface area contributed by atoms with Gasteiger partial charge in [-0.3, -0.25) is 9.69 Å². The lowest BCUT2D eigenvalue weighted by atomic mass is 9.48. The van der Waals surface area contributed by atoms with Gasteiger partial charge in [-0.05, 0) is 31.1 Å². The zero-order valence-electron chi connectivity index (χ0n) is 25.9. The lowest BCUT2D eigenvalue weighted by Crippen LogP contribution is -2.70. The average Bonchev–Trinajstić information content (AvgIpc) is 3.68. The highest BCUT2D eigenvalue weighted by Gasteiger charge is 2.84. The molecule has 16 nitrogen and oxygen atoms in total. The maximum atomic E-state index is 14.1. The number of hydrogen-bond acceptors (Lipinski definition) is 15. The summed E-state index contributed by atoms with van der Waals surface area (Å²) in [6, 6.07) is -1.50. The third kappa shape index (κ3) is 3.42. The topological polar surface area (TPSA) is 182 Å². The Morgan fingerprint density at radius 1 is 0.711 bits per heavy atom. The second-order valence-electron chi connectivity index (χ2n) is 11.9. The molecule has 16 heteroatoms. The highest BCUT2D eigenvalue weighted by Crippen LogP contribution is 2.74. The molecule has 0 amide bonds. The fourth-order valence-electron chi connectivity index (χ4n) is 9.40. The average molecular weight is 631 g/mol. The molecule has 0 N–H and O–H groups in total. The normalized spacial score (nSPS) is 32.2. The van der Waals surface area contributed by atoms with E-state index >= 15 is 0 Å². The van der Waals surface area contributed by atoms with Crippen LogP contribution in [0.2, 0.25) is 0 Å². The molecule has 5 fully saturated rings. The number of fused-ring (bicyclic) bond motifs is 2. The van der Waals surface area contributed by atoms with Crippen molar-refractivity contribution < 1.29 is 57.2 Å². The van der Waals surface area contributed by atoms with Crippen LogP contribution in [0.3, 0.4) is 0 Å². The molecule has 6 aliphatic rings. The van der Waals surface area contributed by atoms with Crippen LogP contribution in [0.25, 0.3) is 0 Å². The largest absolute Gasteiger partial charge is 0.467 e.